The third-order valence-corrected chi connectivity index (χ3v) is 6.29. The largest absolute Gasteiger partial charge is 0.493 e. The summed E-state index contributed by atoms with van der Waals surface area (Å²) in [6, 6.07) is 0.223. The summed E-state index contributed by atoms with van der Waals surface area (Å²) in [5.74, 6) is 0.148. The maximum Gasteiger partial charge on any atom is 0.326 e. The van der Waals surface area contributed by atoms with Crippen LogP contribution in [0, 0.1) is 0 Å². The van der Waals surface area contributed by atoms with Crippen LogP contribution in [-0.4, -0.2) is 59.6 Å². The number of aromatic amines is 2. The van der Waals surface area contributed by atoms with E-state index < -0.39 is 5.69 Å². The zero-order valence-electron chi connectivity index (χ0n) is 21.9. The Bertz CT molecular complexity index is 1680. The Morgan fingerprint density at radius 1 is 1.32 bits per heavy atom. The zero-order valence-corrected chi connectivity index (χ0v) is 21.9. The van der Waals surface area contributed by atoms with Crippen molar-refractivity contribution in [1.82, 2.24) is 29.5 Å². The van der Waals surface area contributed by atoms with Crippen molar-refractivity contribution in [3.05, 3.63) is 67.7 Å². The second kappa shape index (κ2) is 10.5. The number of hydrogen-bond donors (Lipinski definition) is 4. The SMILES string of the molecule is CCC=CC(=C(C)CNc1nc(=NC2CC2)n2ncc(=Cc3[nH]c(=O)[nH]c3O)c2n1)C1=C(C)CON=C1C. The number of aromatic nitrogens is 6. The molecule has 3 aromatic heterocycles. The van der Waals surface area contributed by atoms with E-state index >= 15 is 0 Å². The quantitative estimate of drug-likeness (QED) is 0.332. The number of oxime groups is 1. The van der Waals surface area contributed by atoms with Crippen molar-refractivity contribution in [3.63, 3.8) is 0 Å². The van der Waals surface area contributed by atoms with Gasteiger partial charge in [-0.15, -0.1) is 0 Å². The fraction of sp³-hybridized carbons (Fsp3) is 0.385. The summed E-state index contributed by atoms with van der Waals surface area (Å²) in [5, 5.41) is 22.6. The van der Waals surface area contributed by atoms with Gasteiger partial charge in [-0.25, -0.2) is 9.79 Å². The molecule has 4 heterocycles. The number of aromatic hydroxyl groups is 1. The first kappa shape index (κ1) is 25.2. The molecule has 1 fully saturated rings. The molecular weight excluding hydrogens is 486 g/mol. The topological polar surface area (TPSA) is 158 Å². The Labute approximate surface area is 218 Å². The molecule has 1 aliphatic heterocycles. The van der Waals surface area contributed by atoms with Crippen LogP contribution in [0.2, 0.25) is 0 Å². The van der Waals surface area contributed by atoms with Crippen LogP contribution < -0.4 is 21.8 Å². The number of nitrogens with one attached hydrogen (secondary N) is 3. The predicted octanol–water partition coefficient (Wildman–Crippen LogP) is 1.87. The van der Waals surface area contributed by atoms with Crippen LogP contribution >= 0.6 is 0 Å². The van der Waals surface area contributed by atoms with Gasteiger partial charge >= 0.3 is 5.69 Å². The van der Waals surface area contributed by atoms with E-state index in [1.54, 1.807) is 16.8 Å². The van der Waals surface area contributed by atoms with Crippen molar-refractivity contribution in [2.45, 2.75) is 53.0 Å². The smallest absolute Gasteiger partial charge is 0.326 e. The minimum atomic E-state index is -0.503. The van der Waals surface area contributed by atoms with Gasteiger partial charge in [0.05, 0.1) is 18.0 Å². The number of hydrogen-bond acceptors (Lipinski definition) is 9. The average Bonchev–Trinajstić information content (AvgIpc) is 3.52. The van der Waals surface area contributed by atoms with Crippen molar-refractivity contribution in [2.75, 3.05) is 18.5 Å². The van der Waals surface area contributed by atoms with E-state index in [9.17, 15) is 9.90 Å². The molecule has 0 radical (unpaired) electrons. The highest BCUT2D eigenvalue weighted by Crippen LogP contribution is 2.25. The molecule has 0 aromatic carbocycles. The maximum absolute atomic E-state index is 11.6. The number of fused-ring (bicyclic) bond motifs is 1. The molecule has 1 aliphatic carbocycles. The van der Waals surface area contributed by atoms with Crippen molar-refractivity contribution in [2.24, 2.45) is 10.1 Å². The Kier molecular flexibility index (Phi) is 6.95. The van der Waals surface area contributed by atoms with Crippen LogP contribution in [-0.2, 0) is 4.84 Å². The van der Waals surface area contributed by atoms with E-state index in [1.165, 1.54) is 0 Å². The Morgan fingerprint density at radius 2 is 2.13 bits per heavy atom. The van der Waals surface area contributed by atoms with Gasteiger partial charge < -0.3 is 20.2 Å². The molecule has 3 aromatic rings. The summed E-state index contributed by atoms with van der Waals surface area (Å²) in [5.41, 5.74) is 5.94. The third kappa shape index (κ3) is 5.29. The van der Waals surface area contributed by atoms with E-state index in [0.29, 0.717) is 35.6 Å². The monoisotopic (exact) mass is 517 g/mol. The lowest BCUT2D eigenvalue weighted by Gasteiger charge is -2.20. The third-order valence-electron chi connectivity index (χ3n) is 6.29. The van der Waals surface area contributed by atoms with Crippen molar-refractivity contribution in [3.8, 4) is 5.88 Å². The second-order valence-corrected chi connectivity index (χ2v) is 9.49. The van der Waals surface area contributed by atoms with E-state index in [0.717, 1.165) is 47.3 Å². The van der Waals surface area contributed by atoms with E-state index in [4.69, 9.17) is 14.8 Å². The average molecular weight is 518 g/mol. The van der Waals surface area contributed by atoms with Gasteiger partial charge in [0, 0.05) is 17.3 Å². The van der Waals surface area contributed by atoms with Gasteiger partial charge in [0.15, 0.2) is 5.65 Å². The van der Waals surface area contributed by atoms with Gasteiger partial charge in [0.2, 0.25) is 11.8 Å². The summed E-state index contributed by atoms with van der Waals surface area (Å²) in [6.45, 7) is 9.14. The van der Waals surface area contributed by atoms with Gasteiger partial charge in [-0.3, -0.25) is 4.98 Å². The van der Waals surface area contributed by atoms with Crippen LogP contribution in [0.4, 0.5) is 5.95 Å². The highest BCUT2D eigenvalue weighted by molar-refractivity contribution is 6.03. The fourth-order valence-electron chi connectivity index (χ4n) is 4.22. The van der Waals surface area contributed by atoms with Crippen LogP contribution in [0.3, 0.4) is 0 Å². The van der Waals surface area contributed by atoms with E-state index in [2.05, 4.69) is 63.4 Å². The fourth-order valence-corrected chi connectivity index (χ4v) is 4.22. The Balaban J connectivity index is 1.55. The van der Waals surface area contributed by atoms with E-state index in [1.807, 2.05) is 6.92 Å². The molecule has 0 amide bonds. The molecule has 1 saturated carbocycles. The molecular formula is C26H31N9O3. The van der Waals surface area contributed by atoms with Gasteiger partial charge in [0.25, 0.3) is 5.62 Å². The van der Waals surface area contributed by atoms with Crippen LogP contribution in [0.1, 0.15) is 52.7 Å². The Hall–Kier alpha value is -4.48. The molecule has 0 spiro atoms. The minimum absolute atomic E-state index is 0.223. The number of allylic oxidation sites excluding steroid dienone is 4. The molecule has 0 saturated heterocycles. The van der Waals surface area contributed by atoms with Crippen LogP contribution in [0.15, 0.2) is 55.6 Å². The van der Waals surface area contributed by atoms with Gasteiger partial charge in [0.1, 0.15) is 12.3 Å². The summed E-state index contributed by atoms with van der Waals surface area (Å²) >= 11 is 0. The standard InChI is InChI=1S/C26H31N9O3/c1-5-6-7-19(21-15(3)13-38-34-16(21)4)14(2)11-27-24-31-22-17(10-20-23(36)32-26(37)30-20)12-28-35(22)25(33-24)29-18-8-9-18/h6-7,10,12,18,36H,5,8-9,11,13H2,1-4H3,(H,27,29,33)(H2,30,32,37). The van der Waals surface area contributed by atoms with Crippen molar-refractivity contribution < 1.29 is 9.94 Å². The maximum atomic E-state index is 11.6. The number of H-pyrrole nitrogens is 2. The first-order valence-electron chi connectivity index (χ1n) is 12.6. The van der Waals surface area contributed by atoms with Gasteiger partial charge in [-0.05, 0) is 62.8 Å². The Morgan fingerprint density at radius 3 is 2.82 bits per heavy atom. The number of nitrogens with zero attached hydrogens (tertiary/aromatic N) is 6. The lowest BCUT2D eigenvalue weighted by atomic mass is 9.92. The zero-order chi connectivity index (χ0) is 26.8. The molecule has 38 heavy (non-hydrogen) atoms. The van der Waals surface area contributed by atoms with Crippen molar-refractivity contribution in [1.29, 1.82) is 0 Å². The number of anilines is 1. The highest BCUT2D eigenvalue weighted by atomic mass is 16.6. The first-order valence-corrected chi connectivity index (χ1v) is 12.6. The summed E-state index contributed by atoms with van der Waals surface area (Å²) < 4.78 is 1.57. The van der Waals surface area contributed by atoms with E-state index in [-0.39, 0.29) is 17.6 Å². The van der Waals surface area contributed by atoms with Crippen LogP contribution in [0.25, 0.3) is 11.7 Å². The second-order valence-electron chi connectivity index (χ2n) is 9.49. The van der Waals surface area contributed by atoms with Gasteiger partial charge in [-0.2, -0.15) is 19.6 Å². The first-order chi connectivity index (χ1) is 18.3. The molecule has 12 nitrogen and oxygen atoms in total. The summed E-state index contributed by atoms with van der Waals surface area (Å²) in [7, 11) is 0. The summed E-state index contributed by atoms with van der Waals surface area (Å²) in [6.07, 6.45) is 10.4. The predicted molar refractivity (Wildman–Crippen MR) is 144 cm³/mol. The van der Waals surface area contributed by atoms with Crippen LogP contribution in [0.5, 0.6) is 5.88 Å². The summed E-state index contributed by atoms with van der Waals surface area (Å²) in [4.78, 5) is 35.8. The molecule has 5 rings (SSSR count). The molecule has 0 unspecified atom stereocenters. The van der Waals surface area contributed by atoms with Crippen molar-refractivity contribution >= 4 is 23.4 Å². The number of imidazole rings is 1. The minimum Gasteiger partial charge on any atom is -0.493 e. The molecule has 12 heteroatoms. The molecule has 198 valence electrons. The highest BCUT2D eigenvalue weighted by Gasteiger charge is 2.21. The molecule has 2 aliphatic rings. The van der Waals surface area contributed by atoms with Gasteiger partial charge in [-0.1, -0.05) is 24.2 Å². The number of rotatable bonds is 8. The molecule has 0 atom stereocenters. The molecule has 4 N–H and O–H groups in total. The lowest BCUT2D eigenvalue weighted by Crippen LogP contribution is -2.25. The lowest BCUT2D eigenvalue weighted by molar-refractivity contribution is 0.163. The molecule has 0 bridgehead atoms. The normalized spacial score (nSPS) is 17.8.